The molecule has 0 saturated carbocycles. The molecule has 2 aromatic carbocycles. The first-order valence-corrected chi connectivity index (χ1v) is 13.8. The van der Waals surface area contributed by atoms with Crippen LogP contribution in [0.4, 0.5) is 24.7 Å². The molecule has 9 nitrogen and oxygen atoms in total. The fourth-order valence-electron chi connectivity index (χ4n) is 4.00. The van der Waals surface area contributed by atoms with E-state index in [9.17, 15) is 26.4 Å². The zero-order valence-electron chi connectivity index (χ0n) is 21.3. The quantitative estimate of drug-likeness (QED) is 0.241. The monoisotopic (exact) mass is 628 g/mol. The van der Waals surface area contributed by atoms with Gasteiger partial charge in [0, 0.05) is 31.6 Å². The standard InChI is InChI=1S/C25H24BrF3N4O5S/c1-5-37-24(34)21-23(32(3)4)30-14(2)33(21)13-15-10-11-19-17(12-15)20(26)22(38-19)16-8-6-7-9-18(16)31-39(35,36)25(27,28)29/h6-12,31H,5,13H2,1-4H3. The van der Waals surface area contributed by atoms with Crippen LogP contribution in [0.2, 0.25) is 0 Å². The minimum absolute atomic E-state index is 0.112. The molecule has 1 N–H and O–H groups in total. The summed E-state index contributed by atoms with van der Waals surface area (Å²) in [6.07, 6.45) is 0. The van der Waals surface area contributed by atoms with Gasteiger partial charge >= 0.3 is 21.5 Å². The number of aromatic nitrogens is 2. The minimum Gasteiger partial charge on any atom is -0.461 e. The Morgan fingerprint density at radius 1 is 1.21 bits per heavy atom. The lowest BCUT2D eigenvalue weighted by Gasteiger charge is -2.14. The number of furan rings is 1. The number of imidazole rings is 1. The van der Waals surface area contributed by atoms with Gasteiger partial charge in [-0.2, -0.15) is 21.6 Å². The van der Waals surface area contributed by atoms with Gasteiger partial charge in [-0.05, 0) is 59.6 Å². The van der Waals surface area contributed by atoms with Crippen LogP contribution >= 0.6 is 15.9 Å². The van der Waals surface area contributed by atoms with Crippen molar-refractivity contribution in [1.82, 2.24) is 9.55 Å². The maximum absolute atomic E-state index is 13.0. The molecular formula is C25H24BrF3N4O5S. The molecule has 0 spiro atoms. The van der Waals surface area contributed by atoms with E-state index in [0.717, 1.165) is 5.56 Å². The predicted octanol–water partition coefficient (Wildman–Crippen LogP) is 5.92. The molecule has 0 fully saturated rings. The van der Waals surface area contributed by atoms with Crippen molar-refractivity contribution in [2.75, 3.05) is 30.3 Å². The van der Waals surface area contributed by atoms with E-state index in [0.29, 0.717) is 32.8 Å². The Hall–Kier alpha value is -3.52. The van der Waals surface area contributed by atoms with Crippen molar-refractivity contribution in [3.63, 3.8) is 0 Å². The van der Waals surface area contributed by atoms with Crippen LogP contribution in [0.1, 0.15) is 28.8 Å². The third-order valence-electron chi connectivity index (χ3n) is 5.79. The third kappa shape index (κ3) is 5.48. The van der Waals surface area contributed by atoms with Crippen LogP contribution in [0.5, 0.6) is 0 Å². The fraction of sp³-hybridized carbons (Fsp3) is 0.280. The molecule has 0 saturated heterocycles. The van der Waals surface area contributed by atoms with Crippen LogP contribution in [0.25, 0.3) is 22.3 Å². The molecule has 2 aromatic heterocycles. The van der Waals surface area contributed by atoms with Crippen LogP contribution in [0, 0.1) is 6.92 Å². The Labute approximate surface area is 230 Å². The van der Waals surface area contributed by atoms with Gasteiger partial charge in [-0.1, -0.05) is 18.2 Å². The number of hydrogen-bond donors (Lipinski definition) is 1. The maximum atomic E-state index is 13.0. The summed E-state index contributed by atoms with van der Waals surface area (Å²) in [5.41, 5.74) is -4.17. The zero-order valence-corrected chi connectivity index (χ0v) is 23.7. The van der Waals surface area contributed by atoms with Gasteiger partial charge < -0.3 is 18.6 Å². The number of halogens is 4. The second-order valence-corrected chi connectivity index (χ2v) is 11.2. The number of sulfonamides is 1. The second-order valence-electron chi connectivity index (χ2n) is 8.70. The smallest absolute Gasteiger partial charge is 0.461 e. The summed E-state index contributed by atoms with van der Waals surface area (Å²) in [6, 6.07) is 10.9. The number of fused-ring (bicyclic) bond motifs is 1. The summed E-state index contributed by atoms with van der Waals surface area (Å²) in [5.74, 6) is 0.701. The molecule has 0 radical (unpaired) electrons. The van der Waals surface area contributed by atoms with Gasteiger partial charge in [-0.15, -0.1) is 0 Å². The molecule has 2 heterocycles. The van der Waals surface area contributed by atoms with E-state index in [1.54, 1.807) is 66.4 Å². The van der Waals surface area contributed by atoms with Crippen LogP contribution in [0.15, 0.2) is 51.4 Å². The Morgan fingerprint density at radius 2 is 1.90 bits per heavy atom. The number of para-hydroxylation sites is 1. The van der Waals surface area contributed by atoms with Gasteiger partial charge in [0.1, 0.15) is 11.4 Å². The van der Waals surface area contributed by atoms with Crippen molar-refractivity contribution in [2.45, 2.75) is 25.9 Å². The number of benzene rings is 2. The Balaban J connectivity index is 1.76. The van der Waals surface area contributed by atoms with E-state index in [2.05, 4.69) is 20.9 Å². The lowest BCUT2D eigenvalue weighted by Crippen LogP contribution is -2.30. The number of anilines is 2. The number of aryl methyl sites for hydroxylation is 1. The number of nitrogens with zero attached hydrogens (tertiary/aromatic N) is 3. The number of esters is 1. The summed E-state index contributed by atoms with van der Waals surface area (Å²) in [4.78, 5) is 19.0. The Morgan fingerprint density at radius 3 is 2.54 bits per heavy atom. The highest BCUT2D eigenvalue weighted by atomic mass is 79.9. The number of carbonyl (C=O) groups is 1. The molecule has 0 aliphatic heterocycles. The van der Waals surface area contributed by atoms with Crippen LogP contribution in [-0.4, -0.2) is 50.1 Å². The van der Waals surface area contributed by atoms with Crippen molar-refractivity contribution in [3.8, 4) is 11.3 Å². The first-order chi connectivity index (χ1) is 18.2. The molecule has 0 amide bonds. The van der Waals surface area contributed by atoms with E-state index in [1.165, 1.54) is 18.2 Å². The van der Waals surface area contributed by atoms with Gasteiger partial charge in [0.25, 0.3) is 0 Å². The molecule has 14 heteroatoms. The Bertz CT molecular complexity index is 1660. The first kappa shape index (κ1) is 28.5. The summed E-state index contributed by atoms with van der Waals surface area (Å²) in [6.45, 7) is 3.97. The van der Waals surface area contributed by atoms with Crippen LogP contribution in [0.3, 0.4) is 0 Å². The maximum Gasteiger partial charge on any atom is 0.516 e. The highest BCUT2D eigenvalue weighted by Crippen LogP contribution is 2.42. The average Bonchev–Trinajstić information content (AvgIpc) is 3.35. The van der Waals surface area contributed by atoms with Gasteiger partial charge in [0.2, 0.25) is 0 Å². The SMILES string of the molecule is CCOC(=O)c1c(N(C)C)nc(C)n1Cc1ccc2oc(-c3ccccc3NS(=O)(=O)C(F)(F)F)c(Br)c2c1. The van der Waals surface area contributed by atoms with Gasteiger partial charge in [0.15, 0.2) is 17.3 Å². The largest absolute Gasteiger partial charge is 0.516 e. The molecule has 0 atom stereocenters. The number of carbonyl (C=O) groups excluding carboxylic acids is 1. The predicted molar refractivity (Wildman–Crippen MR) is 144 cm³/mol. The van der Waals surface area contributed by atoms with Crippen LogP contribution in [-0.2, 0) is 21.3 Å². The van der Waals surface area contributed by atoms with Crippen molar-refractivity contribution in [3.05, 3.63) is 64.0 Å². The van der Waals surface area contributed by atoms with Crippen molar-refractivity contribution in [2.24, 2.45) is 0 Å². The summed E-state index contributed by atoms with van der Waals surface area (Å²) in [7, 11) is -2.10. The number of alkyl halides is 3. The van der Waals surface area contributed by atoms with Gasteiger partial charge in [-0.3, -0.25) is 4.72 Å². The lowest BCUT2D eigenvalue weighted by atomic mass is 10.1. The molecule has 208 valence electrons. The third-order valence-corrected chi connectivity index (χ3v) is 7.67. The van der Waals surface area contributed by atoms with E-state index in [-0.39, 0.29) is 30.2 Å². The fourth-order valence-corrected chi connectivity index (χ4v) is 5.18. The summed E-state index contributed by atoms with van der Waals surface area (Å²) < 4.78 is 77.4. The lowest BCUT2D eigenvalue weighted by molar-refractivity contribution is -0.0429. The highest BCUT2D eigenvalue weighted by Gasteiger charge is 2.46. The minimum atomic E-state index is -5.65. The first-order valence-electron chi connectivity index (χ1n) is 11.6. The average molecular weight is 629 g/mol. The molecule has 39 heavy (non-hydrogen) atoms. The zero-order chi connectivity index (χ0) is 28.7. The second kappa shape index (κ2) is 10.6. The van der Waals surface area contributed by atoms with Crippen molar-refractivity contribution >= 4 is 54.4 Å². The normalized spacial score (nSPS) is 12.1. The Kier molecular flexibility index (Phi) is 7.72. The molecule has 0 aliphatic rings. The van der Waals surface area contributed by atoms with Crippen molar-refractivity contribution < 1.29 is 35.5 Å². The number of rotatable bonds is 8. The van der Waals surface area contributed by atoms with Crippen molar-refractivity contribution in [1.29, 1.82) is 0 Å². The number of hydrogen-bond acceptors (Lipinski definition) is 7. The molecule has 4 rings (SSSR count). The van der Waals surface area contributed by atoms with E-state index in [1.807, 2.05) is 0 Å². The molecule has 0 unspecified atom stereocenters. The van der Waals surface area contributed by atoms with Gasteiger partial charge in [0.05, 0.1) is 16.8 Å². The number of ether oxygens (including phenoxy) is 1. The van der Waals surface area contributed by atoms with Crippen LogP contribution < -0.4 is 9.62 Å². The molecule has 4 aromatic rings. The molecule has 0 bridgehead atoms. The van der Waals surface area contributed by atoms with E-state index < -0.39 is 21.5 Å². The summed E-state index contributed by atoms with van der Waals surface area (Å²) in [5, 5.41) is 0.597. The van der Waals surface area contributed by atoms with Gasteiger partial charge in [-0.25, -0.2) is 9.78 Å². The van der Waals surface area contributed by atoms with E-state index in [4.69, 9.17) is 9.15 Å². The van der Waals surface area contributed by atoms with E-state index >= 15 is 0 Å². The molecular weight excluding hydrogens is 605 g/mol. The number of nitrogens with one attached hydrogen (secondary N) is 1. The summed E-state index contributed by atoms with van der Waals surface area (Å²) >= 11 is 3.46. The molecule has 0 aliphatic carbocycles. The topological polar surface area (TPSA) is 107 Å². The highest BCUT2D eigenvalue weighted by molar-refractivity contribution is 9.10.